The molecule has 1 aliphatic rings. The maximum Gasteiger partial charge on any atom is 0.315 e. The fourth-order valence-electron chi connectivity index (χ4n) is 1.47. The highest BCUT2D eigenvalue weighted by Gasteiger charge is 2.26. The normalized spacial score (nSPS) is 19.0. The summed E-state index contributed by atoms with van der Waals surface area (Å²) in [7, 11) is 0. The van der Waals surface area contributed by atoms with Gasteiger partial charge in [0.2, 0.25) is 0 Å². The van der Waals surface area contributed by atoms with Gasteiger partial charge >= 0.3 is 6.43 Å². The van der Waals surface area contributed by atoms with E-state index in [0.717, 1.165) is 0 Å². The monoisotopic (exact) mass is 208 g/mol. The SMILES string of the molecule is O=C(C(F)F)N1CCN(CCO)CC1. The van der Waals surface area contributed by atoms with Gasteiger partial charge in [-0.15, -0.1) is 0 Å². The first-order valence-corrected chi connectivity index (χ1v) is 4.55. The number of nitrogens with zero attached hydrogens (tertiary/aromatic N) is 2. The summed E-state index contributed by atoms with van der Waals surface area (Å²) in [6.45, 7) is 2.35. The van der Waals surface area contributed by atoms with Gasteiger partial charge in [-0.3, -0.25) is 9.69 Å². The molecule has 0 bridgehead atoms. The summed E-state index contributed by atoms with van der Waals surface area (Å²) < 4.78 is 24.0. The van der Waals surface area contributed by atoms with Gasteiger partial charge in [-0.1, -0.05) is 0 Å². The predicted octanol–water partition coefficient (Wildman–Crippen LogP) is -0.612. The molecule has 0 saturated carbocycles. The second-order valence-corrected chi connectivity index (χ2v) is 3.19. The van der Waals surface area contributed by atoms with E-state index in [1.807, 2.05) is 4.90 Å². The van der Waals surface area contributed by atoms with E-state index in [-0.39, 0.29) is 6.61 Å². The van der Waals surface area contributed by atoms with E-state index in [2.05, 4.69) is 0 Å². The molecule has 1 heterocycles. The van der Waals surface area contributed by atoms with E-state index in [1.165, 1.54) is 4.90 Å². The molecule has 0 radical (unpaired) electrons. The number of hydrogen-bond donors (Lipinski definition) is 1. The molecule has 0 aromatic heterocycles. The van der Waals surface area contributed by atoms with Crippen LogP contribution in [0.25, 0.3) is 0 Å². The third-order valence-corrected chi connectivity index (χ3v) is 2.29. The maximum atomic E-state index is 12.0. The summed E-state index contributed by atoms with van der Waals surface area (Å²) in [5, 5.41) is 8.64. The molecule has 6 heteroatoms. The van der Waals surface area contributed by atoms with Crippen LogP contribution in [0.4, 0.5) is 8.78 Å². The van der Waals surface area contributed by atoms with Crippen LogP contribution in [-0.2, 0) is 4.79 Å². The molecule has 1 N–H and O–H groups in total. The van der Waals surface area contributed by atoms with Gasteiger partial charge in [0.1, 0.15) is 0 Å². The van der Waals surface area contributed by atoms with Crippen LogP contribution in [0.5, 0.6) is 0 Å². The standard InChI is InChI=1S/C8H14F2N2O2/c9-7(10)8(14)12-3-1-11(2-4-12)5-6-13/h7,13H,1-6H2. The summed E-state index contributed by atoms with van der Waals surface area (Å²) in [5.41, 5.74) is 0. The van der Waals surface area contributed by atoms with E-state index >= 15 is 0 Å². The molecule has 4 nitrogen and oxygen atoms in total. The number of carbonyl (C=O) groups is 1. The van der Waals surface area contributed by atoms with E-state index in [1.54, 1.807) is 0 Å². The lowest BCUT2D eigenvalue weighted by molar-refractivity contribution is -0.144. The largest absolute Gasteiger partial charge is 0.395 e. The maximum absolute atomic E-state index is 12.0. The Kier molecular flexibility index (Phi) is 4.21. The quantitative estimate of drug-likeness (QED) is 0.672. The molecule has 0 unspecified atom stereocenters. The van der Waals surface area contributed by atoms with Crippen molar-refractivity contribution in [3.05, 3.63) is 0 Å². The van der Waals surface area contributed by atoms with Gasteiger partial charge in [0, 0.05) is 32.7 Å². The Morgan fingerprint density at radius 1 is 1.29 bits per heavy atom. The molecule has 0 aliphatic carbocycles. The topological polar surface area (TPSA) is 43.8 Å². The molecule has 1 saturated heterocycles. The van der Waals surface area contributed by atoms with Crippen LogP contribution in [0.15, 0.2) is 0 Å². The van der Waals surface area contributed by atoms with Crippen LogP contribution < -0.4 is 0 Å². The van der Waals surface area contributed by atoms with Crippen molar-refractivity contribution in [2.75, 3.05) is 39.3 Å². The second-order valence-electron chi connectivity index (χ2n) is 3.19. The number of carbonyl (C=O) groups excluding carboxylic acids is 1. The number of hydrogen-bond acceptors (Lipinski definition) is 3. The molecule has 1 rings (SSSR count). The molecule has 14 heavy (non-hydrogen) atoms. The molecule has 1 amide bonds. The van der Waals surface area contributed by atoms with Crippen LogP contribution in [0.3, 0.4) is 0 Å². The van der Waals surface area contributed by atoms with Crippen LogP contribution in [0, 0.1) is 0 Å². The summed E-state index contributed by atoms with van der Waals surface area (Å²) >= 11 is 0. The second kappa shape index (κ2) is 5.21. The third kappa shape index (κ3) is 2.88. The fourth-order valence-corrected chi connectivity index (χ4v) is 1.47. The van der Waals surface area contributed by atoms with Gasteiger partial charge in [0.05, 0.1) is 6.61 Å². The number of aliphatic hydroxyl groups excluding tert-OH is 1. The van der Waals surface area contributed by atoms with Crippen molar-refractivity contribution in [3.63, 3.8) is 0 Å². The van der Waals surface area contributed by atoms with E-state index < -0.39 is 12.3 Å². The number of alkyl halides is 2. The molecule has 82 valence electrons. The Balaban J connectivity index is 2.32. The highest BCUT2D eigenvalue weighted by atomic mass is 19.3. The number of halogens is 2. The minimum Gasteiger partial charge on any atom is -0.395 e. The van der Waals surface area contributed by atoms with Gasteiger partial charge in [-0.2, -0.15) is 8.78 Å². The van der Waals surface area contributed by atoms with Gasteiger partial charge in [-0.05, 0) is 0 Å². The number of piperazine rings is 1. The first-order valence-electron chi connectivity index (χ1n) is 4.55. The van der Waals surface area contributed by atoms with Crippen LogP contribution in [-0.4, -0.2) is 66.6 Å². The number of rotatable bonds is 3. The molecular formula is C8H14F2N2O2. The van der Waals surface area contributed by atoms with Crippen molar-refractivity contribution in [2.45, 2.75) is 6.43 Å². The highest BCUT2D eigenvalue weighted by Crippen LogP contribution is 2.05. The Morgan fingerprint density at radius 2 is 1.86 bits per heavy atom. The summed E-state index contributed by atoms with van der Waals surface area (Å²) in [4.78, 5) is 14.0. The summed E-state index contributed by atoms with van der Waals surface area (Å²) in [6, 6.07) is 0. The Morgan fingerprint density at radius 3 is 2.29 bits per heavy atom. The molecule has 0 spiro atoms. The van der Waals surface area contributed by atoms with Crippen molar-refractivity contribution in [3.8, 4) is 0 Å². The Bertz CT molecular complexity index is 194. The van der Waals surface area contributed by atoms with Crippen LogP contribution >= 0.6 is 0 Å². The average Bonchev–Trinajstić information content (AvgIpc) is 2.18. The van der Waals surface area contributed by atoms with Crippen LogP contribution in [0.2, 0.25) is 0 Å². The highest BCUT2D eigenvalue weighted by molar-refractivity contribution is 5.79. The van der Waals surface area contributed by atoms with Gasteiger partial charge in [0.15, 0.2) is 0 Å². The van der Waals surface area contributed by atoms with Gasteiger partial charge in [-0.25, -0.2) is 0 Å². The third-order valence-electron chi connectivity index (χ3n) is 2.29. The van der Waals surface area contributed by atoms with Crippen molar-refractivity contribution >= 4 is 5.91 Å². The number of aliphatic hydroxyl groups is 1. The molecular weight excluding hydrogens is 194 g/mol. The van der Waals surface area contributed by atoms with Crippen molar-refractivity contribution in [1.29, 1.82) is 0 Å². The molecule has 0 aromatic rings. The molecule has 0 atom stereocenters. The zero-order valence-electron chi connectivity index (χ0n) is 7.83. The zero-order chi connectivity index (χ0) is 10.6. The Hall–Kier alpha value is -0.750. The lowest BCUT2D eigenvalue weighted by Crippen LogP contribution is -2.50. The lowest BCUT2D eigenvalue weighted by atomic mass is 10.3. The van der Waals surface area contributed by atoms with Gasteiger partial charge < -0.3 is 10.0 Å². The first kappa shape index (κ1) is 11.3. The molecule has 1 aliphatic heterocycles. The summed E-state index contributed by atoms with van der Waals surface area (Å²) in [5.74, 6) is -1.09. The first-order chi connectivity index (χ1) is 6.65. The molecule has 1 fully saturated rings. The van der Waals surface area contributed by atoms with Crippen molar-refractivity contribution < 1.29 is 18.7 Å². The zero-order valence-corrected chi connectivity index (χ0v) is 7.83. The van der Waals surface area contributed by atoms with E-state index in [9.17, 15) is 13.6 Å². The van der Waals surface area contributed by atoms with Crippen LogP contribution in [0.1, 0.15) is 0 Å². The van der Waals surface area contributed by atoms with Gasteiger partial charge in [0.25, 0.3) is 5.91 Å². The fraction of sp³-hybridized carbons (Fsp3) is 0.875. The van der Waals surface area contributed by atoms with Crippen molar-refractivity contribution in [2.24, 2.45) is 0 Å². The number of β-amino-alcohol motifs (C(OH)–C–C–N with tert-alkyl or cyclic N) is 1. The lowest BCUT2D eigenvalue weighted by Gasteiger charge is -2.34. The van der Waals surface area contributed by atoms with E-state index in [4.69, 9.17) is 5.11 Å². The van der Waals surface area contributed by atoms with Crippen molar-refractivity contribution in [1.82, 2.24) is 9.80 Å². The summed E-state index contributed by atoms with van der Waals surface area (Å²) in [6.07, 6.45) is -2.90. The molecule has 0 aromatic carbocycles. The predicted molar refractivity (Wildman–Crippen MR) is 46.1 cm³/mol. The average molecular weight is 208 g/mol. The smallest absolute Gasteiger partial charge is 0.315 e. The Labute approximate surface area is 81.1 Å². The minimum absolute atomic E-state index is 0.0583. The minimum atomic E-state index is -2.90. The van der Waals surface area contributed by atoms with E-state index in [0.29, 0.717) is 32.7 Å². The number of amides is 1.